The maximum atomic E-state index is 5.93. The molecule has 0 amide bonds. The van der Waals surface area contributed by atoms with E-state index in [9.17, 15) is 0 Å². The molecular weight excluding hydrogens is 232 g/mol. The molecule has 2 aromatic heterocycles. The molecule has 0 radical (unpaired) electrons. The lowest BCUT2D eigenvalue weighted by Crippen LogP contribution is -2.10. The molecule has 0 saturated heterocycles. The van der Waals surface area contributed by atoms with Crippen molar-refractivity contribution in [2.45, 2.75) is 6.04 Å². The highest BCUT2D eigenvalue weighted by Crippen LogP contribution is 2.22. The van der Waals surface area contributed by atoms with Crippen molar-refractivity contribution >= 4 is 15.9 Å². The van der Waals surface area contributed by atoms with Gasteiger partial charge in [-0.2, -0.15) is 0 Å². The highest BCUT2D eigenvalue weighted by atomic mass is 79.9. The van der Waals surface area contributed by atoms with E-state index < -0.39 is 0 Å². The van der Waals surface area contributed by atoms with E-state index in [1.54, 1.807) is 0 Å². The summed E-state index contributed by atoms with van der Waals surface area (Å²) in [6.45, 7) is 0. The van der Waals surface area contributed by atoms with Gasteiger partial charge in [0.1, 0.15) is 11.8 Å². The lowest BCUT2D eigenvalue weighted by atomic mass is 10.2. The molecule has 2 rings (SSSR count). The zero-order chi connectivity index (χ0) is 9.26. The number of aromatic nitrogens is 1. The molecule has 0 aliphatic rings. The smallest absolute Gasteiger partial charge is 0.169 e. The summed E-state index contributed by atoms with van der Waals surface area (Å²) in [4.78, 5) is 3.04. The van der Waals surface area contributed by atoms with Crippen molar-refractivity contribution in [2.75, 3.05) is 0 Å². The van der Waals surface area contributed by atoms with Gasteiger partial charge in [0.05, 0.1) is 0 Å². The lowest BCUT2D eigenvalue weighted by Gasteiger charge is -2.05. The maximum absolute atomic E-state index is 5.93. The average Bonchev–Trinajstić information content (AvgIpc) is 2.72. The van der Waals surface area contributed by atoms with E-state index in [0.717, 1.165) is 11.5 Å². The highest BCUT2D eigenvalue weighted by molar-refractivity contribution is 9.10. The molecule has 0 aromatic carbocycles. The minimum atomic E-state index is -0.221. The third-order valence-electron chi connectivity index (χ3n) is 1.86. The number of hydrogen-bond donors (Lipinski definition) is 2. The fraction of sp³-hybridized carbons (Fsp3) is 0.111. The molecule has 4 heteroatoms. The van der Waals surface area contributed by atoms with Gasteiger partial charge in [-0.1, -0.05) is 0 Å². The van der Waals surface area contributed by atoms with Crippen LogP contribution in [0.4, 0.5) is 0 Å². The highest BCUT2D eigenvalue weighted by Gasteiger charge is 2.12. The quantitative estimate of drug-likeness (QED) is 0.848. The van der Waals surface area contributed by atoms with Crippen molar-refractivity contribution in [3.63, 3.8) is 0 Å². The molecule has 68 valence electrons. The summed E-state index contributed by atoms with van der Waals surface area (Å²) in [6, 6.07) is 7.31. The van der Waals surface area contributed by atoms with Crippen LogP contribution in [0, 0.1) is 0 Å². The maximum Gasteiger partial charge on any atom is 0.169 e. The van der Waals surface area contributed by atoms with Gasteiger partial charge in [-0.3, -0.25) is 0 Å². The van der Waals surface area contributed by atoms with Gasteiger partial charge in [0.2, 0.25) is 0 Å². The van der Waals surface area contributed by atoms with Crippen LogP contribution in [-0.2, 0) is 0 Å². The van der Waals surface area contributed by atoms with E-state index >= 15 is 0 Å². The predicted octanol–water partition coefficient (Wildman–Crippen LogP) is 2.42. The second-order valence-electron chi connectivity index (χ2n) is 2.75. The van der Waals surface area contributed by atoms with Gasteiger partial charge >= 0.3 is 0 Å². The summed E-state index contributed by atoms with van der Waals surface area (Å²) in [5.74, 6) is 0.745. The summed E-state index contributed by atoms with van der Waals surface area (Å²) in [5, 5.41) is 0. The van der Waals surface area contributed by atoms with Crippen LogP contribution in [0.2, 0.25) is 0 Å². The van der Waals surface area contributed by atoms with Gasteiger partial charge < -0.3 is 15.1 Å². The topological polar surface area (TPSA) is 55.0 Å². The van der Waals surface area contributed by atoms with Crippen LogP contribution in [0.3, 0.4) is 0 Å². The molecule has 2 aromatic rings. The molecular formula is C9H9BrN2O. The zero-order valence-electron chi connectivity index (χ0n) is 6.83. The number of hydrogen-bond acceptors (Lipinski definition) is 2. The molecule has 13 heavy (non-hydrogen) atoms. The van der Waals surface area contributed by atoms with Crippen LogP contribution >= 0.6 is 15.9 Å². The minimum Gasteiger partial charge on any atom is -0.452 e. The Bertz CT molecular complexity index is 380. The van der Waals surface area contributed by atoms with Crippen LogP contribution in [0.25, 0.3) is 0 Å². The van der Waals surface area contributed by atoms with E-state index in [1.807, 2.05) is 30.5 Å². The SMILES string of the molecule is NC(c1ccc[nH]1)c1ccc(Br)o1. The Morgan fingerprint density at radius 2 is 2.23 bits per heavy atom. The number of furan rings is 1. The normalized spacial score (nSPS) is 13.1. The number of rotatable bonds is 2. The van der Waals surface area contributed by atoms with Gasteiger partial charge in [0.25, 0.3) is 0 Å². The Hall–Kier alpha value is -1.000. The number of nitrogens with one attached hydrogen (secondary N) is 1. The number of nitrogens with two attached hydrogens (primary N) is 1. The van der Waals surface area contributed by atoms with Crippen molar-refractivity contribution in [1.82, 2.24) is 4.98 Å². The van der Waals surface area contributed by atoms with Gasteiger partial charge in [0.15, 0.2) is 4.67 Å². The molecule has 3 nitrogen and oxygen atoms in total. The zero-order valence-corrected chi connectivity index (χ0v) is 8.41. The first-order valence-electron chi connectivity index (χ1n) is 3.91. The standard InChI is InChI=1S/C9H9BrN2O/c10-8-4-3-7(13-8)9(11)6-2-1-5-12-6/h1-5,9,12H,11H2. The van der Waals surface area contributed by atoms with Gasteiger partial charge in [-0.15, -0.1) is 0 Å². The molecule has 1 unspecified atom stereocenters. The monoisotopic (exact) mass is 240 g/mol. The number of halogens is 1. The Balaban J connectivity index is 2.28. The molecule has 1 atom stereocenters. The van der Waals surface area contributed by atoms with Crippen LogP contribution in [0.1, 0.15) is 17.5 Å². The first-order chi connectivity index (χ1) is 6.27. The van der Waals surface area contributed by atoms with E-state index in [4.69, 9.17) is 10.2 Å². The predicted molar refractivity (Wildman–Crippen MR) is 53.2 cm³/mol. The minimum absolute atomic E-state index is 0.221. The van der Waals surface area contributed by atoms with Gasteiger partial charge in [0, 0.05) is 11.9 Å². The Morgan fingerprint density at radius 3 is 2.77 bits per heavy atom. The molecule has 3 N–H and O–H groups in total. The fourth-order valence-electron chi connectivity index (χ4n) is 1.19. The fourth-order valence-corrected chi connectivity index (χ4v) is 1.51. The molecule has 0 spiro atoms. The summed E-state index contributed by atoms with van der Waals surface area (Å²) in [6.07, 6.45) is 1.84. The third kappa shape index (κ3) is 1.68. The van der Waals surface area contributed by atoms with E-state index in [-0.39, 0.29) is 6.04 Å². The van der Waals surface area contributed by atoms with Gasteiger partial charge in [-0.05, 0) is 40.2 Å². The Morgan fingerprint density at radius 1 is 1.38 bits per heavy atom. The van der Waals surface area contributed by atoms with Gasteiger partial charge in [-0.25, -0.2) is 0 Å². The third-order valence-corrected chi connectivity index (χ3v) is 2.28. The number of aromatic amines is 1. The van der Waals surface area contributed by atoms with Crippen molar-refractivity contribution in [2.24, 2.45) is 5.73 Å². The van der Waals surface area contributed by atoms with Crippen molar-refractivity contribution in [1.29, 1.82) is 0 Å². The van der Waals surface area contributed by atoms with Crippen molar-refractivity contribution in [3.8, 4) is 0 Å². The van der Waals surface area contributed by atoms with E-state index in [2.05, 4.69) is 20.9 Å². The molecule has 0 aliphatic carbocycles. The van der Waals surface area contributed by atoms with Crippen LogP contribution in [0.15, 0.2) is 39.5 Å². The first kappa shape index (κ1) is 8.59. The second kappa shape index (κ2) is 3.40. The number of H-pyrrole nitrogens is 1. The Kier molecular flexibility index (Phi) is 2.24. The molecule has 0 saturated carbocycles. The van der Waals surface area contributed by atoms with Crippen LogP contribution < -0.4 is 5.73 Å². The largest absolute Gasteiger partial charge is 0.452 e. The lowest BCUT2D eigenvalue weighted by molar-refractivity contribution is 0.468. The van der Waals surface area contributed by atoms with E-state index in [0.29, 0.717) is 4.67 Å². The van der Waals surface area contributed by atoms with Crippen molar-refractivity contribution < 1.29 is 4.42 Å². The molecule has 0 bridgehead atoms. The summed E-state index contributed by atoms with van der Waals surface area (Å²) >= 11 is 3.23. The van der Waals surface area contributed by atoms with Crippen LogP contribution in [0.5, 0.6) is 0 Å². The molecule has 0 aliphatic heterocycles. The van der Waals surface area contributed by atoms with Crippen LogP contribution in [-0.4, -0.2) is 4.98 Å². The molecule has 0 fully saturated rings. The average molecular weight is 241 g/mol. The first-order valence-corrected chi connectivity index (χ1v) is 4.71. The summed E-state index contributed by atoms with van der Waals surface area (Å²) < 4.78 is 6.04. The summed E-state index contributed by atoms with van der Waals surface area (Å²) in [5.41, 5.74) is 6.87. The summed E-state index contributed by atoms with van der Waals surface area (Å²) in [7, 11) is 0. The van der Waals surface area contributed by atoms with E-state index in [1.165, 1.54) is 0 Å². The second-order valence-corrected chi connectivity index (χ2v) is 3.53. The Labute approximate surface area is 84.1 Å². The van der Waals surface area contributed by atoms with Crippen molar-refractivity contribution in [3.05, 3.63) is 46.6 Å². The molecule has 2 heterocycles.